The summed E-state index contributed by atoms with van der Waals surface area (Å²) in [5.41, 5.74) is 0.290. The van der Waals surface area contributed by atoms with Crippen LogP contribution in [0, 0.1) is 11.8 Å². The van der Waals surface area contributed by atoms with Crippen molar-refractivity contribution in [3.8, 4) is 0 Å². The van der Waals surface area contributed by atoms with Crippen molar-refractivity contribution in [3.63, 3.8) is 0 Å². The molecular formula is C25H45N3O6S. The Morgan fingerprint density at radius 1 is 0.886 bits per heavy atom. The third-order valence-corrected chi connectivity index (χ3v) is 6.42. The molecule has 0 aromatic heterocycles. The molecule has 0 radical (unpaired) electrons. The van der Waals surface area contributed by atoms with E-state index < -0.39 is 39.8 Å². The van der Waals surface area contributed by atoms with Gasteiger partial charge in [0, 0.05) is 12.7 Å². The summed E-state index contributed by atoms with van der Waals surface area (Å²) in [5.74, 6) is -2.30. The first kappa shape index (κ1) is 32.8. The van der Waals surface area contributed by atoms with E-state index in [1.807, 2.05) is 20.8 Å². The monoisotopic (exact) mass is 515 g/mol. The van der Waals surface area contributed by atoms with E-state index in [0.29, 0.717) is 24.8 Å². The molecule has 0 aliphatic rings. The first-order valence-electron chi connectivity index (χ1n) is 12.4. The van der Waals surface area contributed by atoms with Crippen molar-refractivity contribution in [2.75, 3.05) is 12.0 Å². The number of Topliss-reactive ketones (excluding diaryl/α,β-unsaturated/α-hetero) is 1. The average Bonchev–Trinajstić information content (AvgIpc) is 2.72. The van der Waals surface area contributed by atoms with Gasteiger partial charge in [0.15, 0.2) is 5.78 Å². The molecule has 0 saturated heterocycles. The predicted octanol–water partition coefficient (Wildman–Crippen LogP) is 2.30. The molecule has 10 heteroatoms. The van der Waals surface area contributed by atoms with Crippen LogP contribution in [0.4, 0.5) is 0 Å². The average molecular weight is 516 g/mol. The van der Waals surface area contributed by atoms with Gasteiger partial charge in [0.1, 0.15) is 21.9 Å². The van der Waals surface area contributed by atoms with Crippen LogP contribution in [0.1, 0.15) is 80.1 Å². The van der Waals surface area contributed by atoms with Gasteiger partial charge < -0.3 is 16.0 Å². The van der Waals surface area contributed by atoms with Gasteiger partial charge in [0.2, 0.25) is 17.7 Å². The lowest BCUT2D eigenvalue weighted by Crippen LogP contribution is -2.57. The molecule has 0 unspecified atom stereocenters. The molecule has 0 aromatic rings. The fourth-order valence-corrected chi connectivity index (χ4v) is 4.11. The van der Waals surface area contributed by atoms with Crippen molar-refractivity contribution >= 4 is 33.3 Å². The third kappa shape index (κ3) is 14.0. The van der Waals surface area contributed by atoms with E-state index >= 15 is 0 Å². The summed E-state index contributed by atoms with van der Waals surface area (Å²) < 4.78 is 23.5. The van der Waals surface area contributed by atoms with Crippen LogP contribution in [0.2, 0.25) is 0 Å². The van der Waals surface area contributed by atoms with Crippen LogP contribution in [0.25, 0.3) is 0 Å². The highest BCUT2D eigenvalue weighted by molar-refractivity contribution is 7.90. The number of ketones is 1. The number of carbonyl (C=O) groups is 4. The topological polar surface area (TPSA) is 139 Å². The van der Waals surface area contributed by atoms with Crippen LogP contribution in [0.3, 0.4) is 0 Å². The summed E-state index contributed by atoms with van der Waals surface area (Å²) in [4.78, 5) is 51.0. The summed E-state index contributed by atoms with van der Waals surface area (Å²) in [6.07, 6.45) is 4.12. The molecule has 0 aliphatic carbocycles. The van der Waals surface area contributed by atoms with Crippen LogP contribution in [-0.2, 0) is 29.0 Å². The molecule has 0 bridgehead atoms. The molecule has 0 rings (SSSR count). The molecule has 0 aliphatic heterocycles. The minimum absolute atomic E-state index is 0.0981. The molecule has 0 aromatic carbocycles. The minimum atomic E-state index is -3.42. The van der Waals surface area contributed by atoms with E-state index in [2.05, 4.69) is 22.5 Å². The Bertz CT molecular complexity index is 851. The Kier molecular flexibility index (Phi) is 14.7. The Morgan fingerprint density at radius 2 is 1.46 bits per heavy atom. The van der Waals surface area contributed by atoms with E-state index in [4.69, 9.17) is 0 Å². The standard InChI is InChI=1S/C25H45N3O6S/c1-9-10-11-12-21(29)28-22(17(4)5)25(32)26-19(13-14-35(8,33)34)24(31)27-20(15-16(2)3)23(30)18(6)7/h16-17,19-20,22H,6,9-15H2,1-5,7-8H3,(H,26,32)(H,27,31)(H,28,29)/t19-,20-,22-/m0/s1. The summed E-state index contributed by atoms with van der Waals surface area (Å²) in [7, 11) is -3.42. The van der Waals surface area contributed by atoms with Gasteiger partial charge in [-0.05, 0) is 43.6 Å². The molecule has 3 amide bonds. The normalized spacial score (nSPS) is 14.2. The molecule has 0 heterocycles. The number of carbonyl (C=O) groups excluding carboxylic acids is 4. The highest BCUT2D eigenvalue weighted by atomic mass is 32.2. The van der Waals surface area contributed by atoms with Crippen LogP contribution < -0.4 is 16.0 Å². The molecule has 0 fully saturated rings. The van der Waals surface area contributed by atoms with Gasteiger partial charge in [-0.15, -0.1) is 0 Å². The number of rotatable bonds is 17. The maximum Gasteiger partial charge on any atom is 0.243 e. The largest absolute Gasteiger partial charge is 0.344 e. The fraction of sp³-hybridized carbons (Fsp3) is 0.760. The molecule has 202 valence electrons. The van der Waals surface area contributed by atoms with E-state index in [9.17, 15) is 27.6 Å². The van der Waals surface area contributed by atoms with Gasteiger partial charge in [0.05, 0.1) is 11.8 Å². The molecule has 0 spiro atoms. The van der Waals surface area contributed by atoms with Gasteiger partial charge in [0.25, 0.3) is 0 Å². The zero-order valence-electron chi connectivity index (χ0n) is 22.4. The number of hydrogen-bond donors (Lipinski definition) is 3. The Labute approximate surface area is 211 Å². The van der Waals surface area contributed by atoms with Crippen molar-refractivity contribution < 1.29 is 27.6 Å². The minimum Gasteiger partial charge on any atom is -0.344 e. The summed E-state index contributed by atoms with van der Waals surface area (Å²) in [6, 6.07) is -2.92. The number of amides is 3. The highest BCUT2D eigenvalue weighted by Gasteiger charge is 2.31. The lowest BCUT2D eigenvalue weighted by Gasteiger charge is -2.27. The summed E-state index contributed by atoms with van der Waals surface area (Å²) in [6.45, 7) is 14.6. The predicted molar refractivity (Wildman–Crippen MR) is 138 cm³/mol. The Morgan fingerprint density at radius 3 is 1.91 bits per heavy atom. The lowest BCUT2D eigenvalue weighted by atomic mass is 9.96. The van der Waals surface area contributed by atoms with Crippen molar-refractivity contribution in [2.45, 2.75) is 98.2 Å². The van der Waals surface area contributed by atoms with Crippen LogP contribution in [-0.4, -0.2) is 62.1 Å². The zero-order valence-corrected chi connectivity index (χ0v) is 23.2. The van der Waals surface area contributed by atoms with Gasteiger partial charge in [-0.1, -0.05) is 54.0 Å². The number of unbranched alkanes of at least 4 members (excludes halogenated alkanes) is 2. The molecule has 9 nitrogen and oxygen atoms in total. The summed E-state index contributed by atoms with van der Waals surface area (Å²) >= 11 is 0. The SMILES string of the molecule is C=C(C)C(=O)[C@H](CC(C)C)NC(=O)[C@H](CCS(C)(=O)=O)NC(=O)[C@@H](NC(=O)CCCCC)C(C)C. The number of nitrogens with one attached hydrogen (secondary N) is 3. The van der Waals surface area contributed by atoms with Gasteiger partial charge in [-0.25, -0.2) is 8.42 Å². The second-order valence-electron chi connectivity index (χ2n) is 10.1. The quantitative estimate of drug-likeness (QED) is 0.201. The molecule has 0 saturated carbocycles. The lowest BCUT2D eigenvalue weighted by molar-refractivity contribution is -0.134. The zero-order chi connectivity index (χ0) is 27.3. The molecule has 3 N–H and O–H groups in total. The van der Waals surface area contributed by atoms with Crippen molar-refractivity contribution in [1.82, 2.24) is 16.0 Å². The van der Waals surface area contributed by atoms with E-state index in [0.717, 1.165) is 19.1 Å². The number of hydrogen-bond acceptors (Lipinski definition) is 6. The van der Waals surface area contributed by atoms with Gasteiger partial charge in [-0.3, -0.25) is 19.2 Å². The van der Waals surface area contributed by atoms with Crippen LogP contribution in [0.15, 0.2) is 12.2 Å². The van der Waals surface area contributed by atoms with Crippen LogP contribution in [0.5, 0.6) is 0 Å². The first-order valence-corrected chi connectivity index (χ1v) is 14.4. The van der Waals surface area contributed by atoms with Crippen LogP contribution >= 0.6 is 0 Å². The van der Waals surface area contributed by atoms with Crippen molar-refractivity contribution in [3.05, 3.63) is 12.2 Å². The molecular weight excluding hydrogens is 470 g/mol. The number of sulfone groups is 1. The maximum absolute atomic E-state index is 13.1. The smallest absolute Gasteiger partial charge is 0.243 e. The second-order valence-corrected chi connectivity index (χ2v) is 12.3. The molecule has 3 atom stereocenters. The Balaban J connectivity index is 5.67. The highest BCUT2D eigenvalue weighted by Crippen LogP contribution is 2.11. The maximum atomic E-state index is 13.1. The van der Waals surface area contributed by atoms with E-state index in [1.165, 1.54) is 0 Å². The van der Waals surface area contributed by atoms with Crippen molar-refractivity contribution in [2.24, 2.45) is 11.8 Å². The fourth-order valence-electron chi connectivity index (χ4n) is 3.45. The second kappa shape index (κ2) is 15.7. The first-order chi connectivity index (χ1) is 16.1. The molecule has 35 heavy (non-hydrogen) atoms. The van der Waals surface area contributed by atoms with E-state index in [-0.39, 0.29) is 35.7 Å². The van der Waals surface area contributed by atoms with Gasteiger partial charge >= 0.3 is 0 Å². The van der Waals surface area contributed by atoms with Gasteiger partial charge in [-0.2, -0.15) is 0 Å². The Hall–Kier alpha value is -2.23. The third-order valence-electron chi connectivity index (χ3n) is 5.44. The summed E-state index contributed by atoms with van der Waals surface area (Å²) in [5, 5.41) is 8.00. The van der Waals surface area contributed by atoms with E-state index in [1.54, 1.807) is 20.8 Å². The van der Waals surface area contributed by atoms with Crippen molar-refractivity contribution in [1.29, 1.82) is 0 Å².